The Morgan fingerprint density at radius 3 is 2.32 bits per heavy atom. The van der Waals surface area contributed by atoms with Gasteiger partial charge in [0.15, 0.2) is 0 Å². The number of benzene rings is 1. The summed E-state index contributed by atoms with van der Waals surface area (Å²) in [5.74, 6) is 0. The third-order valence-electron chi connectivity index (χ3n) is 3.90. The average molecular weight is 309 g/mol. The van der Waals surface area contributed by atoms with Crippen LogP contribution in [0.15, 0.2) is 36.4 Å². The van der Waals surface area contributed by atoms with E-state index in [9.17, 15) is 13.2 Å². The fourth-order valence-corrected chi connectivity index (χ4v) is 2.86. The molecule has 1 aromatic heterocycles. The Morgan fingerprint density at radius 2 is 1.68 bits per heavy atom. The van der Waals surface area contributed by atoms with Gasteiger partial charge in [0.1, 0.15) is 0 Å². The third kappa shape index (κ3) is 3.32. The molecule has 3 rings (SSSR count). The molecule has 2 heterocycles. The molecule has 0 unspecified atom stereocenters. The molecule has 6 heteroatoms. The number of hydrogen-bond acceptors (Lipinski definition) is 2. The summed E-state index contributed by atoms with van der Waals surface area (Å²) in [5.41, 5.74) is 1.09. The molecule has 0 saturated carbocycles. The minimum atomic E-state index is -4.51. The first-order chi connectivity index (χ1) is 10.5. The van der Waals surface area contributed by atoms with E-state index in [0.29, 0.717) is 17.8 Å². The van der Waals surface area contributed by atoms with E-state index >= 15 is 0 Å². The first-order valence-electron chi connectivity index (χ1n) is 7.48. The van der Waals surface area contributed by atoms with E-state index in [1.807, 2.05) is 0 Å². The van der Waals surface area contributed by atoms with Crippen LogP contribution in [0.25, 0.3) is 11.3 Å². The molecule has 0 spiro atoms. The fourth-order valence-electron chi connectivity index (χ4n) is 2.86. The number of likely N-dealkylation sites (tertiary alicyclic amines) is 1. The molecule has 0 amide bonds. The monoisotopic (exact) mass is 309 g/mol. The molecule has 0 atom stereocenters. The number of nitrogens with zero attached hydrogens (tertiary/aromatic N) is 3. The van der Waals surface area contributed by atoms with Gasteiger partial charge in [-0.1, -0.05) is 36.8 Å². The fraction of sp³-hybridized carbons (Fsp3) is 0.438. The number of rotatable bonds is 3. The summed E-state index contributed by atoms with van der Waals surface area (Å²) in [6.07, 6.45) is -1.11. The molecule has 1 aliphatic heterocycles. The maximum atomic E-state index is 13.2. The topological polar surface area (TPSA) is 21.1 Å². The van der Waals surface area contributed by atoms with Gasteiger partial charge >= 0.3 is 6.30 Å². The molecule has 0 N–H and O–H groups in total. The van der Waals surface area contributed by atoms with Gasteiger partial charge in [0.25, 0.3) is 0 Å². The van der Waals surface area contributed by atoms with Crippen molar-refractivity contribution in [2.45, 2.75) is 32.1 Å². The summed E-state index contributed by atoms with van der Waals surface area (Å²) < 4.78 is 39.8. The van der Waals surface area contributed by atoms with Crippen molar-refractivity contribution in [2.75, 3.05) is 13.1 Å². The van der Waals surface area contributed by atoms with E-state index in [1.54, 1.807) is 36.4 Å². The molecular formula is C16H18F3N3. The van der Waals surface area contributed by atoms with Crippen LogP contribution in [0.4, 0.5) is 13.2 Å². The molecule has 118 valence electrons. The summed E-state index contributed by atoms with van der Waals surface area (Å²) in [6.45, 7) is 2.34. The Kier molecular flexibility index (Phi) is 4.20. The Morgan fingerprint density at radius 1 is 1.00 bits per heavy atom. The number of aromatic nitrogens is 2. The van der Waals surface area contributed by atoms with Crippen molar-refractivity contribution >= 4 is 0 Å². The van der Waals surface area contributed by atoms with Crippen molar-refractivity contribution in [3.8, 4) is 11.3 Å². The highest BCUT2D eigenvalue weighted by Gasteiger charge is 2.35. The Labute approximate surface area is 127 Å². The standard InChI is InChI=1S/C16H18F3N3/c17-16(18,19)22-15(13-7-3-1-4-8-13)11-14(20-22)12-21-9-5-2-6-10-21/h1,3-4,7-8,11H,2,5-6,9-10,12H2. The van der Waals surface area contributed by atoms with Gasteiger partial charge in [-0.15, -0.1) is 13.2 Å². The summed E-state index contributed by atoms with van der Waals surface area (Å²) >= 11 is 0. The van der Waals surface area contributed by atoms with Crippen LogP contribution < -0.4 is 0 Å². The zero-order chi connectivity index (χ0) is 15.6. The van der Waals surface area contributed by atoms with E-state index in [0.717, 1.165) is 25.9 Å². The van der Waals surface area contributed by atoms with Gasteiger partial charge in [-0.2, -0.15) is 9.78 Å². The smallest absolute Gasteiger partial charge is 0.297 e. The maximum Gasteiger partial charge on any atom is 0.505 e. The number of hydrogen-bond donors (Lipinski definition) is 0. The highest BCUT2D eigenvalue weighted by molar-refractivity contribution is 5.60. The summed E-state index contributed by atoms with van der Waals surface area (Å²) in [4.78, 5) is 2.17. The lowest BCUT2D eigenvalue weighted by Crippen LogP contribution is -2.29. The van der Waals surface area contributed by atoms with Gasteiger partial charge in [0, 0.05) is 12.1 Å². The van der Waals surface area contributed by atoms with Gasteiger partial charge in [-0.25, -0.2) is 0 Å². The van der Waals surface area contributed by atoms with Gasteiger partial charge in [0.05, 0.1) is 11.4 Å². The van der Waals surface area contributed by atoms with Gasteiger partial charge in [-0.3, -0.25) is 4.90 Å². The second kappa shape index (κ2) is 6.12. The van der Waals surface area contributed by atoms with Gasteiger partial charge in [-0.05, 0) is 32.0 Å². The van der Waals surface area contributed by atoms with E-state index in [4.69, 9.17) is 0 Å². The Hall–Kier alpha value is -1.82. The van der Waals surface area contributed by atoms with Gasteiger partial charge in [0.2, 0.25) is 0 Å². The summed E-state index contributed by atoms with van der Waals surface area (Å²) in [5, 5.41) is 3.80. The second-order valence-electron chi connectivity index (χ2n) is 5.60. The van der Waals surface area contributed by atoms with Crippen molar-refractivity contribution < 1.29 is 13.2 Å². The van der Waals surface area contributed by atoms with E-state index in [-0.39, 0.29) is 10.4 Å². The van der Waals surface area contributed by atoms with Crippen LogP contribution in [0.1, 0.15) is 25.0 Å². The van der Waals surface area contributed by atoms with Crippen LogP contribution in [0.5, 0.6) is 0 Å². The minimum Gasteiger partial charge on any atom is -0.297 e. The third-order valence-corrected chi connectivity index (χ3v) is 3.90. The van der Waals surface area contributed by atoms with Crippen LogP contribution in [-0.2, 0) is 12.8 Å². The molecular weight excluding hydrogens is 291 g/mol. The normalized spacial score (nSPS) is 16.9. The molecule has 1 aliphatic rings. The van der Waals surface area contributed by atoms with Crippen LogP contribution in [-0.4, -0.2) is 27.8 Å². The highest BCUT2D eigenvalue weighted by atomic mass is 19.4. The van der Waals surface area contributed by atoms with Crippen molar-refractivity contribution in [3.63, 3.8) is 0 Å². The maximum absolute atomic E-state index is 13.2. The lowest BCUT2D eigenvalue weighted by atomic mass is 10.1. The van der Waals surface area contributed by atoms with Crippen molar-refractivity contribution in [2.24, 2.45) is 0 Å². The number of piperidine rings is 1. The zero-order valence-corrected chi connectivity index (χ0v) is 12.2. The molecule has 0 aliphatic carbocycles. The Balaban J connectivity index is 1.91. The molecule has 1 fully saturated rings. The van der Waals surface area contributed by atoms with Crippen LogP contribution in [0.3, 0.4) is 0 Å². The molecule has 3 nitrogen and oxygen atoms in total. The van der Waals surface area contributed by atoms with E-state index in [2.05, 4.69) is 10.00 Å². The van der Waals surface area contributed by atoms with Crippen LogP contribution >= 0.6 is 0 Å². The van der Waals surface area contributed by atoms with Crippen molar-refractivity contribution in [1.82, 2.24) is 14.7 Å². The SMILES string of the molecule is FC(F)(F)n1nc(CN2CCCCC2)cc1-c1ccccc1. The molecule has 0 radical (unpaired) electrons. The first-order valence-corrected chi connectivity index (χ1v) is 7.48. The summed E-state index contributed by atoms with van der Waals surface area (Å²) in [6, 6.07) is 10.1. The first kappa shape index (κ1) is 15.1. The quantitative estimate of drug-likeness (QED) is 0.854. The van der Waals surface area contributed by atoms with Crippen molar-refractivity contribution in [3.05, 3.63) is 42.1 Å². The van der Waals surface area contributed by atoms with Crippen molar-refractivity contribution in [1.29, 1.82) is 0 Å². The van der Waals surface area contributed by atoms with E-state index < -0.39 is 6.30 Å². The highest BCUT2D eigenvalue weighted by Crippen LogP contribution is 2.30. The number of halogens is 3. The van der Waals surface area contributed by atoms with Gasteiger partial charge < -0.3 is 0 Å². The summed E-state index contributed by atoms with van der Waals surface area (Å²) in [7, 11) is 0. The average Bonchev–Trinajstić information content (AvgIpc) is 2.93. The molecule has 0 bridgehead atoms. The molecule has 1 saturated heterocycles. The lowest BCUT2D eigenvalue weighted by Gasteiger charge is -2.25. The number of alkyl halides is 3. The van der Waals surface area contributed by atoms with Crippen LogP contribution in [0, 0.1) is 0 Å². The predicted molar refractivity (Wildman–Crippen MR) is 78.1 cm³/mol. The molecule has 2 aromatic rings. The predicted octanol–water partition coefficient (Wildman–Crippen LogP) is 4.01. The van der Waals surface area contributed by atoms with Crippen LogP contribution in [0.2, 0.25) is 0 Å². The second-order valence-corrected chi connectivity index (χ2v) is 5.60. The minimum absolute atomic E-state index is 0.0973. The zero-order valence-electron chi connectivity index (χ0n) is 12.2. The molecule has 22 heavy (non-hydrogen) atoms. The van der Waals surface area contributed by atoms with E-state index in [1.165, 1.54) is 6.42 Å². The Bertz CT molecular complexity index is 613. The largest absolute Gasteiger partial charge is 0.505 e. The molecule has 1 aromatic carbocycles. The lowest BCUT2D eigenvalue weighted by molar-refractivity contribution is -0.211.